The van der Waals surface area contributed by atoms with Gasteiger partial charge in [0, 0.05) is 5.92 Å². The number of carbonyl (C=O) groups is 1. The molecule has 2 rings (SSSR count). The maximum absolute atomic E-state index is 12.2. The second-order valence-electron chi connectivity index (χ2n) is 5.82. The fourth-order valence-electron chi connectivity index (χ4n) is 2.41. The number of rotatable bonds is 8. The smallest absolute Gasteiger partial charge is 0.306 e. The molecule has 2 N–H and O–H groups in total. The highest BCUT2D eigenvalue weighted by Gasteiger charge is 2.29. The van der Waals surface area contributed by atoms with E-state index >= 15 is 0 Å². The van der Waals surface area contributed by atoms with E-state index in [-0.39, 0.29) is 29.6 Å². The molecule has 1 aliphatic carbocycles. The van der Waals surface area contributed by atoms with E-state index in [4.69, 9.17) is 4.74 Å². The highest BCUT2D eigenvalue weighted by molar-refractivity contribution is 7.91. The number of benzene rings is 1. The summed E-state index contributed by atoms with van der Waals surface area (Å²) in [6, 6.07) is 5.94. The van der Waals surface area contributed by atoms with Gasteiger partial charge in [-0.1, -0.05) is 12.1 Å². The first-order valence-electron chi connectivity index (χ1n) is 7.68. The van der Waals surface area contributed by atoms with E-state index in [1.54, 1.807) is 6.92 Å². The highest BCUT2D eigenvalue weighted by atomic mass is 32.2. The molecule has 0 aliphatic heterocycles. The summed E-state index contributed by atoms with van der Waals surface area (Å²) < 4.78 is 29.2. The number of sulfone groups is 1. The van der Waals surface area contributed by atoms with E-state index in [0.29, 0.717) is 5.56 Å². The summed E-state index contributed by atoms with van der Waals surface area (Å²) in [4.78, 5) is 11.8. The van der Waals surface area contributed by atoms with Gasteiger partial charge in [-0.2, -0.15) is 0 Å². The first kappa shape index (κ1) is 17.9. The van der Waals surface area contributed by atoms with E-state index in [1.807, 2.05) is 0 Å². The molecule has 0 saturated heterocycles. The molecular weight excluding hydrogens is 320 g/mol. The van der Waals surface area contributed by atoms with Crippen LogP contribution in [0, 0.1) is 5.92 Å². The molecule has 1 atom stereocenters. The number of ether oxygens (including phenoxy) is 1. The molecule has 1 saturated carbocycles. The Bertz CT molecular complexity index is 631. The molecule has 23 heavy (non-hydrogen) atoms. The molecule has 1 aliphatic rings. The van der Waals surface area contributed by atoms with Gasteiger partial charge in [0.15, 0.2) is 16.1 Å². The minimum atomic E-state index is -3.31. The Balaban J connectivity index is 2.13. The number of aliphatic hydroxyl groups excluding tert-OH is 1. The molecule has 7 heteroatoms. The molecule has 0 bridgehead atoms. The summed E-state index contributed by atoms with van der Waals surface area (Å²) in [6.45, 7) is 1.88. The van der Waals surface area contributed by atoms with Crippen LogP contribution in [0.15, 0.2) is 29.2 Å². The van der Waals surface area contributed by atoms with Gasteiger partial charge < -0.3 is 14.9 Å². The maximum atomic E-state index is 12.2. The minimum absolute atomic E-state index is 0.154. The molecule has 1 aromatic carbocycles. The van der Waals surface area contributed by atoms with Crippen LogP contribution < -0.4 is 0 Å². The van der Waals surface area contributed by atoms with E-state index < -0.39 is 28.0 Å². The Labute approximate surface area is 136 Å². The Morgan fingerprint density at radius 1 is 1.26 bits per heavy atom. The summed E-state index contributed by atoms with van der Waals surface area (Å²) in [5.74, 6) is -0.970. The summed E-state index contributed by atoms with van der Waals surface area (Å²) in [6.07, 6.45) is -0.00128. The van der Waals surface area contributed by atoms with Crippen LogP contribution in [0.25, 0.3) is 0 Å². The lowest BCUT2D eigenvalue weighted by molar-refractivity contribution is -0.147. The van der Waals surface area contributed by atoms with Crippen molar-refractivity contribution in [2.75, 3.05) is 12.4 Å². The molecule has 1 unspecified atom stereocenters. The van der Waals surface area contributed by atoms with Crippen LogP contribution in [0.1, 0.15) is 37.7 Å². The van der Waals surface area contributed by atoms with Crippen molar-refractivity contribution in [1.29, 1.82) is 0 Å². The summed E-state index contributed by atoms with van der Waals surface area (Å²) in [5, 5.41) is 18.9. The zero-order valence-corrected chi connectivity index (χ0v) is 13.8. The van der Waals surface area contributed by atoms with Crippen molar-refractivity contribution < 1.29 is 28.2 Å². The van der Waals surface area contributed by atoms with Crippen LogP contribution in [0.5, 0.6) is 0 Å². The van der Waals surface area contributed by atoms with Crippen LogP contribution in [-0.2, 0) is 19.4 Å². The molecule has 1 fully saturated rings. The normalized spacial score (nSPS) is 16.3. The zero-order chi connectivity index (χ0) is 17.0. The Kier molecular flexibility index (Phi) is 5.78. The number of esters is 1. The third kappa shape index (κ3) is 5.02. The van der Waals surface area contributed by atoms with Crippen LogP contribution in [0.2, 0.25) is 0 Å². The largest absolute Gasteiger partial charge is 0.466 e. The number of hydrogen-bond donors (Lipinski definition) is 2. The van der Waals surface area contributed by atoms with Gasteiger partial charge in [0.1, 0.15) is 0 Å². The monoisotopic (exact) mass is 342 g/mol. The predicted octanol–water partition coefficient (Wildman–Crippen LogP) is 1.22. The van der Waals surface area contributed by atoms with Gasteiger partial charge in [0.2, 0.25) is 0 Å². The zero-order valence-electron chi connectivity index (χ0n) is 13.0. The van der Waals surface area contributed by atoms with Gasteiger partial charge in [-0.3, -0.25) is 4.79 Å². The quantitative estimate of drug-likeness (QED) is 0.544. The second kappa shape index (κ2) is 7.42. The molecule has 0 amide bonds. The van der Waals surface area contributed by atoms with Gasteiger partial charge >= 0.3 is 5.97 Å². The van der Waals surface area contributed by atoms with Gasteiger partial charge in [0.25, 0.3) is 0 Å². The number of hydrogen-bond acceptors (Lipinski definition) is 6. The first-order chi connectivity index (χ1) is 10.8. The van der Waals surface area contributed by atoms with Gasteiger partial charge in [-0.05, 0) is 43.4 Å². The summed E-state index contributed by atoms with van der Waals surface area (Å²) >= 11 is 0. The molecule has 0 aromatic heterocycles. The highest BCUT2D eigenvalue weighted by Crippen LogP contribution is 2.32. The van der Waals surface area contributed by atoms with E-state index in [0.717, 1.165) is 12.8 Å². The predicted molar refractivity (Wildman–Crippen MR) is 83.4 cm³/mol. The Morgan fingerprint density at radius 3 is 2.35 bits per heavy atom. The average Bonchev–Trinajstić information content (AvgIpc) is 3.28. The standard InChI is InChI=1S/C16H22O6S/c1-2-22-15(17)9-14(16(18)19)12-5-7-13(8-6-12)23(20,21)10-11-3-4-11/h5-8,11,14,16,18-19H,2-4,9-10H2,1H3. The molecular formula is C16H22O6S. The third-order valence-corrected chi connectivity index (χ3v) is 5.77. The molecule has 128 valence electrons. The number of aliphatic hydroxyl groups is 2. The lowest BCUT2D eigenvalue weighted by Crippen LogP contribution is -2.22. The van der Waals surface area contributed by atoms with E-state index in [9.17, 15) is 23.4 Å². The third-order valence-electron chi connectivity index (χ3n) is 3.87. The van der Waals surface area contributed by atoms with Gasteiger partial charge in [0.05, 0.1) is 23.7 Å². The fraction of sp³-hybridized carbons (Fsp3) is 0.562. The topological polar surface area (TPSA) is 101 Å². The summed E-state index contributed by atoms with van der Waals surface area (Å²) in [7, 11) is -3.31. The lowest BCUT2D eigenvalue weighted by atomic mass is 9.95. The minimum Gasteiger partial charge on any atom is -0.466 e. The van der Waals surface area contributed by atoms with Gasteiger partial charge in [-0.15, -0.1) is 0 Å². The molecule has 0 radical (unpaired) electrons. The van der Waals surface area contributed by atoms with Gasteiger partial charge in [-0.25, -0.2) is 8.42 Å². The molecule has 0 heterocycles. The van der Waals surface area contributed by atoms with E-state index in [2.05, 4.69) is 0 Å². The van der Waals surface area contributed by atoms with Crippen LogP contribution >= 0.6 is 0 Å². The van der Waals surface area contributed by atoms with Crippen LogP contribution in [0.4, 0.5) is 0 Å². The van der Waals surface area contributed by atoms with Crippen molar-refractivity contribution in [3.8, 4) is 0 Å². The Morgan fingerprint density at radius 2 is 1.87 bits per heavy atom. The van der Waals surface area contributed by atoms with Crippen molar-refractivity contribution in [2.24, 2.45) is 5.92 Å². The van der Waals surface area contributed by atoms with Crippen LogP contribution in [-0.4, -0.2) is 43.2 Å². The van der Waals surface area contributed by atoms with Crippen molar-refractivity contribution in [2.45, 2.75) is 43.3 Å². The van der Waals surface area contributed by atoms with Crippen LogP contribution in [0.3, 0.4) is 0 Å². The van der Waals surface area contributed by atoms with Crippen molar-refractivity contribution in [3.05, 3.63) is 29.8 Å². The maximum Gasteiger partial charge on any atom is 0.306 e. The molecule has 1 aromatic rings. The second-order valence-corrected chi connectivity index (χ2v) is 7.86. The molecule has 6 nitrogen and oxygen atoms in total. The Hall–Kier alpha value is -1.44. The average molecular weight is 342 g/mol. The first-order valence-corrected chi connectivity index (χ1v) is 9.33. The SMILES string of the molecule is CCOC(=O)CC(c1ccc(S(=O)(=O)CC2CC2)cc1)C(O)O. The van der Waals surface area contributed by atoms with Crippen molar-refractivity contribution in [3.63, 3.8) is 0 Å². The number of carbonyl (C=O) groups excluding carboxylic acids is 1. The van der Waals surface area contributed by atoms with Crippen molar-refractivity contribution >= 4 is 15.8 Å². The summed E-state index contributed by atoms with van der Waals surface area (Å²) in [5.41, 5.74) is 0.485. The fourth-order valence-corrected chi connectivity index (χ4v) is 4.11. The lowest BCUT2D eigenvalue weighted by Gasteiger charge is -2.18. The molecule has 0 spiro atoms. The van der Waals surface area contributed by atoms with Crippen molar-refractivity contribution in [1.82, 2.24) is 0 Å². The van der Waals surface area contributed by atoms with E-state index in [1.165, 1.54) is 24.3 Å².